The molecule has 0 N–H and O–H groups in total. The highest BCUT2D eigenvalue weighted by Crippen LogP contribution is 2.46. The van der Waals surface area contributed by atoms with Crippen LogP contribution in [0.25, 0.3) is 98.1 Å². The summed E-state index contributed by atoms with van der Waals surface area (Å²) in [7, 11) is 0. The van der Waals surface area contributed by atoms with E-state index in [1.807, 2.05) is 0 Å². The van der Waals surface area contributed by atoms with Crippen molar-refractivity contribution < 1.29 is 4.42 Å². The van der Waals surface area contributed by atoms with Crippen LogP contribution in [0.3, 0.4) is 0 Å². The van der Waals surface area contributed by atoms with Gasteiger partial charge in [0.15, 0.2) is 0 Å². The van der Waals surface area contributed by atoms with E-state index in [1.165, 1.54) is 65.0 Å². The molecule has 0 atom stereocenters. The van der Waals surface area contributed by atoms with E-state index in [0.717, 1.165) is 50.1 Å². The van der Waals surface area contributed by atoms with Gasteiger partial charge < -0.3 is 9.32 Å². The van der Waals surface area contributed by atoms with Gasteiger partial charge in [-0.3, -0.25) is 0 Å². The molecule has 1 heterocycles. The Hall–Kier alpha value is -7.68. The van der Waals surface area contributed by atoms with Crippen LogP contribution in [0.5, 0.6) is 0 Å². The monoisotopic (exact) mass is 737 g/mol. The topological polar surface area (TPSA) is 16.4 Å². The summed E-state index contributed by atoms with van der Waals surface area (Å²) in [5.74, 6) is 0. The largest absolute Gasteiger partial charge is 0.455 e. The predicted octanol–water partition coefficient (Wildman–Crippen LogP) is 16.2. The molecule has 12 rings (SSSR count). The van der Waals surface area contributed by atoms with Gasteiger partial charge in [-0.25, -0.2) is 0 Å². The summed E-state index contributed by atoms with van der Waals surface area (Å²) in [4.78, 5) is 2.39. The Morgan fingerprint density at radius 3 is 1.59 bits per heavy atom. The second-order valence-electron chi connectivity index (χ2n) is 15.2. The Morgan fingerprint density at radius 2 is 0.845 bits per heavy atom. The Morgan fingerprint density at radius 1 is 0.293 bits per heavy atom. The molecule has 0 radical (unpaired) electrons. The molecule has 0 aliphatic heterocycles. The summed E-state index contributed by atoms with van der Waals surface area (Å²) in [5, 5.41) is 14.5. The first-order valence-corrected chi connectivity index (χ1v) is 19.9. The van der Waals surface area contributed by atoms with Gasteiger partial charge in [-0.1, -0.05) is 164 Å². The third kappa shape index (κ3) is 5.05. The van der Waals surface area contributed by atoms with Gasteiger partial charge in [-0.15, -0.1) is 0 Å². The van der Waals surface area contributed by atoms with Crippen molar-refractivity contribution in [2.45, 2.75) is 0 Å². The van der Waals surface area contributed by atoms with Crippen LogP contribution in [0.4, 0.5) is 17.1 Å². The van der Waals surface area contributed by atoms with E-state index in [-0.39, 0.29) is 0 Å². The van der Waals surface area contributed by atoms with E-state index >= 15 is 0 Å². The second kappa shape index (κ2) is 12.9. The molecule has 1 aromatic heterocycles. The van der Waals surface area contributed by atoms with E-state index in [4.69, 9.17) is 4.42 Å². The first kappa shape index (κ1) is 32.6. The summed E-state index contributed by atoms with van der Waals surface area (Å²) >= 11 is 0. The lowest BCUT2D eigenvalue weighted by Crippen LogP contribution is -2.10. The molecule has 2 nitrogen and oxygen atoms in total. The zero-order valence-electron chi connectivity index (χ0n) is 31.6. The van der Waals surface area contributed by atoms with E-state index in [0.29, 0.717) is 0 Å². The van der Waals surface area contributed by atoms with Crippen LogP contribution >= 0.6 is 0 Å². The number of benzene rings is 11. The third-order valence-corrected chi connectivity index (χ3v) is 12.0. The fraction of sp³-hybridized carbons (Fsp3) is 0. The van der Waals surface area contributed by atoms with Gasteiger partial charge in [-0.2, -0.15) is 0 Å². The fourth-order valence-corrected chi connectivity index (χ4v) is 9.31. The summed E-state index contributed by atoms with van der Waals surface area (Å²) in [5.41, 5.74) is 9.70. The normalized spacial score (nSPS) is 11.8. The molecule has 11 aromatic carbocycles. The van der Waals surface area contributed by atoms with Crippen molar-refractivity contribution in [3.8, 4) is 22.3 Å². The molecule has 0 fully saturated rings. The average Bonchev–Trinajstić information content (AvgIpc) is 3.66. The molecule has 12 aromatic rings. The molecule has 0 aliphatic rings. The van der Waals surface area contributed by atoms with E-state index in [1.54, 1.807) is 0 Å². The number of hydrogen-bond donors (Lipinski definition) is 0. The zero-order valence-corrected chi connectivity index (χ0v) is 31.6. The fourth-order valence-electron chi connectivity index (χ4n) is 9.31. The SMILES string of the molecule is c1ccc(-c2ccc(N(c3ccc4oc5c(-c6ccc7c8ccccc8c8ccccc8c7c6)c6ccccc6cc5c4c3)c3cccc4ccccc34)cc2)cc1. The zero-order chi connectivity index (χ0) is 38.2. The Balaban J connectivity index is 1.09. The predicted molar refractivity (Wildman–Crippen MR) is 247 cm³/mol. The molecular formula is C56H35NO. The molecule has 0 amide bonds. The first-order valence-electron chi connectivity index (χ1n) is 19.9. The Labute approximate surface area is 335 Å². The maximum absolute atomic E-state index is 6.98. The summed E-state index contributed by atoms with van der Waals surface area (Å²) in [6, 6.07) is 76.9. The van der Waals surface area contributed by atoms with Crippen LogP contribution in [-0.4, -0.2) is 0 Å². The van der Waals surface area contributed by atoms with E-state index in [9.17, 15) is 0 Å². The van der Waals surface area contributed by atoms with Crippen LogP contribution in [-0.2, 0) is 0 Å². The number of furan rings is 1. The number of anilines is 3. The number of rotatable bonds is 5. The van der Waals surface area contributed by atoms with Crippen LogP contribution in [0.15, 0.2) is 217 Å². The highest BCUT2D eigenvalue weighted by atomic mass is 16.3. The van der Waals surface area contributed by atoms with Crippen molar-refractivity contribution in [3.63, 3.8) is 0 Å². The summed E-state index contributed by atoms with van der Waals surface area (Å²) < 4.78 is 6.98. The maximum atomic E-state index is 6.98. The maximum Gasteiger partial charge on any atom is 0.143 e. The minimum absolute atomic E-state index is 0.866. The first-order chi connectivity index (χ1) is 28.8. The lowest BCUT2D eigenvalue weighted by atomic mass is 9.90. The van der Waals surface area contributed by atoms with E-state index < -0.39 is 0 Å². The molecule has 2 heteroatoms. The summed E-state index contributed by atoms with van der Waals surface area (Å²) in [6.07, 6.45) is 0. The molecule has 270 valence electrons. The van der Waals surface area contributed by atoms with Gasteiger partial charge in [0.2, 0.25) is 0 Å². The lowest BCUT2D eigenvalue weighted by molar-refractivity contribution is 0.670. The quantitative estimate of drug-likeness (QED) is 0.164. The van der Waals surface area contributed by atoms with Gasteiger partial charge in [0, 0.05) is 33.1 Å². The van der Waals surface area contributed by atoms with Crippen LogP contribution in [0, 0.1) is 0 Å². The smallest absolute Gasteiger partial charge is 0.143 e. The van der Waals surface area contributed by atoms with Gasteiger partial charge >= 0.3 is 0 Å². The molecular weight excluding hydrogens is 703 g/mol. The molecule has 0 bridgehead atoms. The minimum Gasteiger partial charge on any atom is -0.455 e. The lowest BCUT2D eigenvalue weighted by Gasteiger charge is -2.27. The Bertz CT molecular complexity index is 3520. The van der Waals surface area contributed by atoms with Crippen molar-refractivity contribution in [1.29, 1.82) is 0 Å². The standard InChI is InChI=1S/C56H35NO/c1-2-13-36(14-3-1)37-25-28-41(29-26-37)57(53-24-12-17-38-15-4-6-18-43(38)53)42-30-32-54-51(35-42)52-33-39-16-5-7-19-44(39)55(56(52)58-54)40-27-31-49-47-22-9-8-20-45(47)46-21-10-11-23-48(46)50(49)34-40/h1-35H. The minimum atomic E-state index is 0.866. The second-order valence-corrected chi connectivity index (χ2v) is 15.2. The number of nitrogens with zero attached hydrogens (tertiary/aromatic N) is 1. The number of hydrogen-bond acceptors (Lipinski definition) is 2. The van der Waals surface area contributed by atoms with Crippen LogP contribution < -0.4 is 4.90 Å². The highest BCUT2D eigenvalue weighted by Gasteiger charge is 2.21. The molecule has 0 unspecified atom stereocenters. The third-order valence-electron chi connectivity index (χ3n) is 12.0. The summed E-state index contributed by atoms with van der Waals surface area (Å²) in [6.45, 7) is 0. The average molecular weight is 738 g/mol. The van der Waals surface area contributed by atoms with E-state index in [2.05, 4.69) is 217 Å². The van der Waals surface area contributed by atoms with Crippen molar-refractivity contribution in [2.24, 2.45) is 0 Å². The van der Waals surface area contributed by atoms with Crippen molar-refractivity contribution >= 4 is 92.9 Å². The molecule has 0 aliphatic carbocycles. The van der Waals surface area contributed by atoms with Crippen LogP contribution in [0.1, 0.15) is 0 Å². The Kier molecular flexibility index (Phi) is 7.26. The van der Waals surface area contributed by atoms with Gasteiger partial charge in [0.1, 0.15) is 11.2 Å². The van der Waals surface area contributed by atoms with Crippen molar-refractivity contribution in [1.82, 2.24) is 0 Å². The number of fused-ring (bicyclic) bond motifs is 11. The molecule has 0 saturated carbocycles. The highest BCUT2D eigenvalue weighted by molar-refractivity contribution is 6.27. The van der Waals surface area contributed by atoms with Gasteiger partial charge in [-0.05, 0) is 114 Å². The van der Waals surface area contributed by atoms with Crippen LogP contribution in [0.2, 0.25) is 0 Å². The van der Waals surface area contributed by atoms with Gasteiger partial charge in [0.25, 0.3) is 0 Å². The molecule has 0 spiro atoms. The van der Waals surface area contributed by atoms with Gasteiger partial charge in [0.05, 0.1) is 5.69 Å². The van der Waals surface area contributed by atoms with Crippen molar-refractivity contribution in [2.75, 3.05) is 4.90 Å². The molecule has 0 saturated heterocycles. The van der Waals surface area contributed by atoms with Crippen molar-refractivity contribution in [3.05, 3.63) is 212 Å². The molecule has 58 heavy (non-hydrogen) atoms.